The lowest BCUT2D eigenvalue weighted by Gasteiger charge is -2.22. The fourth-order valence-electron chi connectivity index (χ4n) is 2.45. The number of carbonyl (C=O) groups excluding carboxylic acids is 1. The molecular weight excluding hydrogens is 288 g/mol. The number of pyridine rings is 1. The van der Waals surface area contributed by atoms with Crippen molar-refractivity contribution >= 4 is 28.8 Å². The molecule has 0 aliphatic carbocycles. The van der Waals surface area contributed by atoms with Crippen LogP contribution in [-0.2, 0) is 4.79 Å². The van der Waals surface area contributed by atoms with Crippen LogP contribution in [0.2, 0.25) is 0 Å². The second-order valence-electron chi connectivity index (χ2n) is 5.41. The topological polar surface area (TPSA) is 57.3 Å². The highest BCUT2D eigenvalue weighted by molar-refractivity contribution is 5.87. The van der Waals surface area contributed by atoms with Crippen molar-refractivity contribution < 1.29 is 4.79 Å². The molecule has 1 aromatic carbocycles. The molecule has 2 rings (SSSR count). The Morgan fingerprint density at radius 3 is 2.43 bits per heavy atom. The number of anilines is 4. The smallest absolute Gasteiger partial charge is 0.222 e. The van der Waals surface area contributed by atoms with E-state index in [0.29, 0.717) is 5.82 Å². The van der Waals surface area contributed by atoms with Crippen molar-refractivity contribution in [2.45, 2.75) is 27.7 Å². The Balaban J connectivity index is 2.12. The number of nitrogens with zero attached hydrogens (tertiary/aromatic N) is 2. The molecule has 0 saturated heterocycles. The van der Waals surface area contributed by atoms with E-state index in [1.807, 2.05) is 6.07 Å². The number of aromatic nitrogens is 1. The summed E-state index contributed by atoms with van der Waals surface area (Å²) in [6, 6.07) is 10.1. The molecule has 1 amide bonds. The molecule has 1 heterocycles. The van der Waals surface area contributed by atoms with Gasteiger partial charge in [0.1, 0.15) is 5.82 Å². The third-order valence-electron chi connectivity index (χ3n) is 3.69. The molecule has 0 unspecified atom stereocenters. The number of aryl methyl sites for hydroxylation is 1. The van der Waals surface area contributed by atoms with Crippen molar-refractivity contribution in [2.75, 3.05) is 28.6 Å². The molecule has 0 spiro atoms. The van der Waals surface area contributed by atoms with E-state index >= 15 is 0 Å². The molecule has 0 radical (unpaired) electrons. The molecule has 122 valence electrons. The molecule has 2 N–H and O–H groups in total. The van der Waals surface area contributed by atoms with E-state index in [9.17, 15) is 4.79 Å². The monoisotopic (exact) mass is 312 g/mol. The molecule has 0 aliphatic rings. The number of benzene rings is 1. The first-order chi connectivity index (χ1) is 11.0. The van der Waals surface area contributed by atoms with Crippen LogP contribution in [0.25, 0.3) is 0 Å². The lowest BCUT2D eigenvalue weighted by molar-refractivity contribution is -0.114. The van der Waals surface area contributed by atoms with Crippen molar-refractivity contribution in [3.05, 3.63) is 42.1 Å². The number of amides is 1. The normalized spacial score (nSPS) is 10.3. The van der Waals surface area contributed by atoms with Gasteiger partial charge in [-0.3, -0.25) is 4.79 Å². The Kier molecular flexibility index (Phi) is 5.57. The van der Waals surface area contributed by atoms with E-state index in [1.165, 1.54) is 18.2 Å². The SMILES string of the molecule is CCN(CC)c1ccc(Nc2ccc(NC(C)=O)nc2)c(C)c1. The summed E-state index contributed by atoms with van der Waals surface area (Å²) in [5.74, 6) is 0.428. The highest BCUT2D eigenvalue weighted by Gasteiger charge is 2.06. The minimum atomic E-state index is -0.124. The molecule has 0 saturated carbocycles. The fourth-order valence-corrected chi connectivity index (χ4v) is 2.45. The maximum atomic E-state index is 11.0. The van der Waals surface area contributed by atoms with E-state index in [0.717, 1.165) is 24.5 Å². The summed E-state index contributed by atoms with van der Waals surface area (Å²) in [6.45, 7) is 9.87. The number of carbonyl (C=O) groups is 1. The van der Waals surface area contributed by atoms with Crippen LogP contribution in [0.1, 0.15) is 26.3 Å². The van der Waals surface area contributed by atoms with Crippen LogP contribution in [-0.4, -0.2) is 24.0 Å². The summed E-state index contributed by atoms with van der Waals surface area (Å²) in [7, 11) is 0. The first-order valence-corrected chi connectivity index (χ1v) is 7.89. The van der Waals surface area contributed by atoms with Gasteiger partial charge >= 0.3 is 0 Å². The molecule has 0 atom stereocenters. The lowest BCUT2D eigenvalue weighted by Crippen LogP contribution is -2.21. The van der Waals surface area contributed by atoms with Crippen LogP contribution in [0.4, 0.5) is 22.9 Å². The van der Waals surface area contributed by atoms with Crippen LogP contribution >= 0.6 is 0 Å². The Bertz CT molecular complexity index is 663. The Labute approximate surface area is 137 Å². The minimum absolute atomic E-state index is 0.124. The van der Waals surface area contributed by atoms with Crippen LogP contribution in [0, 0.1) is 6.92 Å². The van der Waals surface area contributed by atoms with Gasteiger partial charge in [-0.15, -0.1) is 0 Å². The first-order valence-electron chi connectivity index (χ1n) is 7.89. The van der Waals surface area contributed by atoms with Gasteiger partial charge in [0.05, 0.1) is 11.9 Å². The quantitative estimate of drug-likeness (QED) is 0.848. The third-order valence-corrected chi connectivity index (χ3v) is 3.69. The molecule has 0 aliphatic heterocycles. The Morgan fingerprint density at radius 2 is 1.91 bits per heavy atom. The van der Waals surface area contributed by atoms with Crippen molar-refractivity contribution in [3.63, 3.8) is 0 Å². The van der Waals surface area contributed by atoms with E-state index in [2.05, 4.69) is 59.5 Å². The maximum Gasteiger partial charge on any atom is 0.222 e. The van der Waals surface area contributed by atoms with Crippen molar-refractivity contribution in [1.82, 2.24) is 4.98 Å². The standard InChI is InChI=1S/C18H24N4O/c1-5-22(6-2)16-8-9-17(13(3)11-16)21-15-7-10-18(19-12-15)20-14(4)23/h7-12,21H,5-6H2,1-4H3,(H,19,20,23). The summed E-state index contributed by atoms with van der Waals surface area (Å²) in [5, 5.41) is 6.02. The zero-order chi connectivity index (χ0) is 16.8. The van der Waals surface area contributed by atoms with E-state index < -0.39 is 0 Å². The zero-order valence-corrected chi connectivity index (χ0v) is 14.2. The molecule has 23 heavy (non-hydrogen) atoms. The highest BCUT2D eigenvalue weighted by atomic mass is 16.1. The molecule has 0 bridgehead atoms. The van der Waals surface area contributed by atoms with Crippen molar-refractivity contribution in [3.8, 4) is 0 Å². The van der Waals surface area contributed by atoms with Crippen LogP contribution in [0.5, 0.6) is 0 Å². The number of nitrogens with one attached hydrogen (secondary N) is 2. The average molecular weight is 312 g/mol. The van der Waals surface area contributed by atoms with E-state index in [-0.39, 0.29) is 5.91 Å². The molecule has 1 aromatic heterocycles. The summed E-state index contributed by atoms with van der Waals surface area (Å²) < 4.78 is 0. The molecule has 0 fully saturated rings. The summed E-state index contributed by atoms with van der Waals surface area (Å²) in [5.41, 5.74) is 4.35. The molecule has 2 aromatic rings. The zero-order valence-electron chi connectivity index (χ0n) is 14.2. The van der Waals surface area contributed by atoms with E-state index in [1.54, 1.807) is 12.3 Å². The maximum absolute atomic E-state index is 11.0. The molecule has 5 heteroatoms. The Hall–Kier alpha value is -2.56. The number of rotatable bonds is 6. The third kappa shape index (κ3) is 4.45. The van der Waals surface area contributed by atoms with Gasteiger partial charge in [-0.2, -0.15) is 0 Å². The Morgan fingerprint density at radius 1 is 1.17 bits per heavy atom. The number of hydrogen-bond donors (Lipinski definition) is 2. The second kappa shape index (κ2) is 7.63. The van der Waals surface area contributed by atoms with Gasteiger partial charge in [0, 0.05) is 31.4 Å². The van der Waals surface area contributed by atoms with Crippen LogP contribution in [0.3, 0.4) is 0 Å². The van der Waals surface area contributed by atoms with Gasteiger partial charge < -0.3 is 15.5 Å². The summed E-state index contributed by atoms with van der Waals surface area (Å²) in [4.78, 5) is 17.5. The fraction of sp³-hybridized carbons (Fsp3) is 0.333. The first kappa shape index (κ1) is 16.8. The van der Waals surface area contributed by atoms with Gasteiger partial charge in [-0.1, -0.05) is 0 Å². The van der Waals surface area contributed by atoms with Crippen LogP contribution in [0.15, 0.2) is 36.5 Å². The minimum Gasteiger partial charge on any atom is -0.372 e. The molecule has 5 nitrogen and oxygen atoms in total. The van der Waals surface area contributed by atoms with Crippen LogP contribution < -0.4 is 15.5 Å². The second-order valence-corrected chi connectivity index (χ2v) is 5.41. The van der Waals surface area contributed by atoms with Crippen molar-refractivity contribution in [2.24, 2.45) is 0 Å². The number of hydrogen-bond acceptors (Lipinski definition) is 4. The van der Waals surface area contributed by atoms with Gasteiger partial charge in [-0.25, -0.2) is 4.98 Å². The lowest BCUT2D eigenvalue weighted by atomic mass is 10.1. The van der Waals surface area contributed by atoms with E-state index in [4.69, 9.17) is 0 Å². The highest BCUT2D eigenvalue weighted by Crippen LogP contribution is 2.25. The summed E-state index contributed by atoms with van der Waals surface area (Å²) in [6.07, 6.45) is 1.71. The van der Waals surface area contributed by atoms with Gasteiger partial charge in [0.15, 0.2) is 0 Å². The summed E-state index contributed by atoms with van der Waals surface area (Å²) >= 11 is 0. The predicted octanol–water partition coefficient (Wildman–Crippen LogP) is 3.94. The largest absolute Gasteiger partial charge is 0.372 e. The molecular formula is C18H24N4O. The van der Waals surface area contributed by atoms with Gasteiger partial charge in [-0.05, 0) is 56.7 Å². The average Bonchev–Trinajstić information content (AvgIpc) is 2.52. The van der Waals surface area contributed by atoms with Gasteiger partial charge in [0.2, 0.25) is 5.91 Å². The predicted molar refractivity (Wildman–Crippen MR) is 96.6 cm³/mol. The van der Waals surface area contributed by atoms with Crippen molar-refractivity contribution in [1.29, 1.82) is 0 Å². The van der Waals surface area contributed by atoms with Gasteiger partial charge in [0.25, 0.3) is 0 Å².